The van der Waals surface area contributed by atoms with Crippen LogP contribution in [0.15, 0.2) is 53.4 Å². The molecule has 0 spiro atoms. The van der Waals surface area contributed by atoms with Gasteiger partial charge in [0.05, 0.1) is 12.0 Å². The van der Waals surface area contributed by atoms with Crippen LogP contribution in [0.1, 0.15) is 0 Å². The van der Waals surface area contributed by atoms with E-state index < -0.39 is 10.0 Å². The average Bonchev–Trinajstić information content (AvgIpc) is 2.52. The third kappa shape index (κ3) is 4.62. The van der Waals surface area contributed by atoms with Gasteiger partial charge in [-0.05, 0) is 42.5 Å². The molecule has 0 atom stereocenters. The van der Waals surface area contributed by atoms with Gasteiger partial charge >= 0.3 is 0 Å². The molecule has 2 rings (SSSR count). The first kappa shape index (κ1) is 16.6. The molecule has 2 aromatic rings. The molecule has 0 amide bonds. The Labute approximate surface area is 134 Å². The first-order chi connectivity index (χ1) is 10.5. The molecule has 0 bridgehead atoms. The van der Waals surface area contributed by atoms with Gasteiger partial charge in [0.2, 0.25) is 10.0 Å². The first-order valence-corrected chi connectivity index (χ1v) is 8.39. The molecule has 0 heterocycles. The van der Waals surface area contributed by atoms with Crippen LogP contribution in [-0.4, -0.2) is 28.7 Å². The van der Waals surface area contributed by atoms with Crippen molar-refractivity contribution in [1.29, 1.82) is 0 Å². The van der Waals surface area contributed by atoms with E-state index in [1.54, 1.807) is 36.4 Å². The molecular formula is C15H16ClNO4S. The van der Waals surface area contributed by atoms with Crippen molar-refractivity contribution in [3.8, 4) is 11.5 Å². The second-order valence-electron chi connectivity index (χ2n) is 4.38. The predicted molar refractivity (Wildman–Crippen MR) is 85.1 cm³/mol. The minimum Gasteiger partial charge on any atom is -0.497 e. The third-order valence-corrected chi connectivity index (χ3v) is 4.54. The number of hydrogen-bond acceptors (Lipinski definition) is 4. The summed E-state index contributed by atoms with van der Waals surface area (Å²) in [6.07, 6.45) is 0. The van der Waals surface area contributed by atoms with Crippen molar-refractivity contribution in [1.82, 2.24) is 4.72 Å². The van der Waals surface area contributed by atoms with Gasteiger partial charge in [0.1, 0.15) is 18.1 Å². The highest BCUT2D eigenvalue weighted by molar-refractivity contribution is 7.89. The van der Waals surface area contributed by atoms with E-state index in [4.69, 9.17) is 21.1 Å². The van der Waals surface area contributed by atoms with Gasteiger partial charge in [0, 0.05) is 11.6 Å². The average molecular weight is 342 g/mol. The zero-order chi connectivity index (χ0) is 16.0. The largest absolute Gasteiger partial charge is 0.497 e. The maximum absolute atomic E-state index is 12.1. The Morgan fingerprint density at radius 2 is 1.82 bits per heavy atom. The highest BCUT2D eigenvalue weighted by atomic mass is 35.5. The van der Waals surface area contributed by atoms with Crippen LogP contribution in [0, 0.1) is 0 Å². The van der Waals surface area contributed by atoms with Gasteiger partial charge < -0.3 is 9.47 Å². The van der Waals surface area contributed by atoms with Crippen molar-refractivity contribution in [2.45, 2.75) is 4.90 Å². The Hall–Kier alpha value is -1.76. The van der Waals surface area contributed by atoms with Gasteiger partial charge in [-0.2, -0.15) is 0 Å². The van der Waals surface area contributed by atoms with Crippen LogP contribution in [0.2, 0.25) is 5.02 Å². The van der Waals surface area contributed by atoms with Crippen molar-refractivity contribution < 1.29 is 17.9 Å². The summed E-state index contributed by atoms with van der Waals surface area (Å²) in [5, 5.41) is 0.566. The fourth-order valence-corrected chi connectivity index (χ4v) is 2.93. The lowest BCUT2D eigenvalue weighted by Crippen LogP contribution is -2.28. The van der Waals surface area contributed by atoms with Gasteiger partial charge in [-0.15, -0.1) is 0 Å². The van der Waals surface area contributed by atoms with E-state index >= 15 is 0 Å². The van der Waals surface area contributed by atoms with Crippen molar-refractivity contribution >= 4 is 21.6 Å². The molecule has 22 heavy (non-hydrogen) atoms. The first-order valence-electron chi connectivity index (χ1n) is 6.53. The third-order valence-electron chi connectivity index (χ3n) is 2.83. The normalized spacial score (nSPS) is 11.2. The molecule has 0 radical (unpaired) electrons. The lowest BCUT2D eigenvalue weighted by atomic mass is 10.3. The van der Waals surface area contributed by atoms with Crippen LogP contribution < -0.4 is 14.2 Å². The maximum Gasteiger partial charge on any atom is 0.240 e. The predicted octanol–water partition coefficient (Wildman–Crippen LogP) is 2.71. The quantitative estimate of drug-likeness (QED) is 0.786. The number of methoxy groups -OCH3 is 1. The highest BCUT2D eigenvalue weighted by Gasteiger charge is 2.13. The number of sulfonamides is 1. The van der Waals surface area contributed by atoms with Crippen molar-refractivity contribution in [2.75, 3.05) is 20.3 Å². The molecule has 0 unspecified atom stereocenters. The Morgan fingerprint density at radius 1 is 1.09 bits per heavy atom. The van der Waals surface area contributed by atoms with E-state index in [1.807, 2.05) is 0 Å². The Bertz CT molecular complexity index is 717. The van der Waals surface area contributed by atoms with Crippen LogP contribution in [-0.2, 0) is 10.0 Å². The van der Waals surface area contributed by atoms with E-state index in [1.165, 1.54) is 19.2 Å². The smallest absolute Gasteiger partial charge is 0.240 e. The number of rotatable bonds is 7. The van der Waals surface area contributed by atoms with Gasteiger partial charge in [-0.25, -0.2) is 13.1 Å². The number of hydrogen-bond donors (Lipinski definition) is 1. The number of nitrogens with one attached hydrogen (secondary N) is 1. The van der Waals surface area contributed by atoms with Crippen molar-refractivity contribution in [3.05, 3.63) is 53.6 Å². The number of halogens is 1. The summed E-state index contributed by atoms with van der Waals surface area (Å²) in [5.74, 6) is 1.19. The number of benzene rings is 2. The van der Waals surface area contributed by atoms with Gasteiger partial charge in [0.15, 0.2) is 0 Å². The van der Waals surface area contributed by atoms with Crippen LogP contribution in [0.25, 0.3) is 0 Å². The molecule has 5 nitrogen and oxygen atoms in total. The van der Waals surface area contributed by atoms with E-state index in [9.17, 15) is 8.42 Å². The summed E-state index contributed by atoms with van der Waals surface area (Å²) >= 11 is 5.83. The molecule has 0 aliphatic heterocycles. The van der Waals surface area contributed by atoms with Gasteiger partial charge in [-0.1, -0.05) is 17.7 Å². The van der Waals surface area contributed by atoms with Crippen LogP contribution in [0.3, 0.4) is 0 Å². The lowest BCUT2D eigenvalue weighted by Gasteiger charge is -2.09. The zero-order valence-electron chi connectivity index (χ0n) is 12.0. The second kappa shape index (κ2) is 7.49. The van der Waals surface area contributed by atoms with Crippen molar-refractivity contribution in [2.24, 2.45) is 0 Å². The molecule has 7 heteroatoms. The fraction of sp³-hybridized carbons (Fsp3) is 0.200. The van der Waals surface area contributed by atoms with Gasteiger partial charge in [-0.3, -0.25) is 0 Å². The summed E-state index contributed by atoms with van der Waals surface area (Å²) in [7, 11) is -2.04. The fourth-order valence-electron chi connectivity index (χ4n) is 1.74. The summed E-state index contributed by atoms with van der Waals surface area (Å²) in [5.41, 5.74) is 0. The molecule has 118 valence electrons. The summed E-state index contributed by atoms with van der Waals surface area (Å²) in [6, 6.07) is 13.1. The molecule has 0 saturated carbocycles. The SMILES string of the molecule is COc1ccc(S(=O)(=O)NCCOc2cccc(Cl)c2)cc1. The Morgan fingerprint density at radius 3 is 2.45 bits per heavy atom. The van der Waals surface area contributed by atoms with E-state index in [0.29, 0.717) is 16.5 Å². The molecule has 0 aliphatic rings. The standard InChI is InChI=1S/C15H16ClNO4S/c1-20-13-5-7-15(8-6-13)22(18,19)17-9-10-21-14-4-2-3-12(16)11-14/h2-8,11,17H,9-10H2,1H3. The Balaban J connectivity index is 1.87. The van der Waals surface area contributed by atoms with Crippen molar-refractivity contribution in [3.63, 3.8) is 0 Å². The van der Waals surface area contributed by atoms with Crippen LogP contribution >= 0.6 is 11.6 Å². The zero-order valence-corrected chi connectivity index (χ0v) is 13.5. The topological polar surface area (TPSA) is 64.6 Å². The maximum atomic E-state index is 12.1. The monoisotopic (exact) mass is 341 g/mol. The lowest BCUT2D eigenvalue weighted by molar-refractivity contribution is 0.323. The molecule has 1 N–H and O–H groups in total. The van der Waals surface area contributed by atoms with E-state index in [2.05, 4.69) is 4.72 Å². The van der Waals surface area contributed by atoms with Crippen LogP contribution in [0.5, 0.6) is 11.5 Å². The number of ether oxygens (including phenoxy) is 2. The summed E-state index contributed by atoms with van der Waals surface area (Å²) < 4.78 is 37.0. The summed E-state index contributed by atoms with van der Waals surface area (Å²) in [4.78, 5) is 0.177. The molecular weight excluding hydrogens is 326 g/mol. The summed E-state index contributed by atoms with van der Waals surface area (Å²) in [6.45, 7) is 0.358. The van der Waals surface area contributed by atoms with Crippen LogP contribution in [0.4, 0.5) is 0 Å². The molecule has 0 aromatic heterocycles. The molecule has 0 fully saturated rings. The van der Waals surface area contributed by atoms with E-state index in [0.717, 1.165) is 0 Å². The minimum atomic E-state index is -3.56. The molecule has 0 aliphatic carbocycles. The Kier molecular flexibility index (Phi) is 5.65. The highest BCUT2D eigenvalue weighted by Crippen LogP contribution is 2.17. The minimum absolute atomic E-state index is 0.154. The van der Waals surface area contributed by atoms with E-state index in [-0.39, 0.29) is 18.0 Å². The molecule has 2 aromatic carbocycles. The molecule has 0 saturated heterocycles. The second-order valence-corrected chi connectivity index (χ2v) is 6.58. The van der Waals surface area contributed by atoms with Gasteiger partial charge in [0.25, 0.3) is 0 Å².